The number of guanidine groups is 1. The van der Waals surface area contributed by atoms with Gasteiger partial charge < -0.3 is 15.3 Å². The Kier molecular flexibility index (Phi) is 8.06. The number of aliphatic imine (C=N–C) groups is 1. The monoisotopic (exact) mass is 422 g/mol. The van der Waals surface area contributed by atoms with Crippen molar-refractivity contribution in [2.45, 2.75) is 39.8 Å². The third-order valence-corrected chi connectivity index (χ3v) is 5.69. The zero-order valence-corrected chi connectivity index (χ0v) is 18.8. The molecular weight excluding hydrogens is 388 g/mol. The van der Waals surface area contributed by atoms with Gasteiger partial charge in [-0.25, -0.2) is 9.79 Å². The molecule has 2 N–H and O–H groups in total. The fourth-order valence-corrected chi connectivity index (χ4v) is 4.00. The molecule has 6 heteroatoms. The standard InChI is InChI=1S/C25H34N4O2/c1-19(2)17-20(3)28-13-15-29(16-14-28)25(26-18-21-7-5-4-6-8-21)27-23-11-9-22(10-12-23)24(30)31/h4-12,19-20H,13-18H2,1-3H3,(H,26,27)(H,30,31)/t20-/m1/s1. The van der Waals surface area contributed by atoms with Crippen LogP contribution >= 0.6 is 0 Å². The first kappa shape index (κ1) is 22.8. The van der Waals surface area contributed by atoms with E-state index in [1.807, 2.05) is 18.2 Å². The van der Waals surface area contributed by atoms with Crippen molar-refractivity contribution in [2.75, 3.05) is 31.5 Å². The van der Waals surface area contributed by atoms with Crippen LogP contribution in [-0.4, -0.2) is 59.1 Å². The molecule has 2 aromatic carbocycles. The topological polar surface area (TPSA) is 68.2 Å². The van der Waals surface area contributed by atoms with Crippen LogP contribution in [0.3, 0.4) is 0 Å². The summed E-state index contributed by atoms with van der Waals surface area (Å²) in [6.07, 6.45) is 1.21. The quantitative estimate of drug-likeness (QED) is 0.511. The molecule has 2 aromatic rings. The van der Waals surface area contributed by atoms with E-state index in [4.69, 9.17) is 10.1 Å². The number of anilines is 1. The summed E-state index contributed by atoms with van der Waals surface area (Å²) in [6.45, 7) is 11.3. The van der Waals surface area contributed by atoms with Crippen molar-refractivity contribution in [1.29, 1.82) is 0 Å². The van der Waals surface area contributed by atoms with Crippen molar-refractivity contribution in [3.05, 3.63) is 65.7 Å². The maximum atomic E-state index is 11.1. The summed E-state index contributed by atoms with van der Waals surface area (Å²) in [5.74, 6) is 0.616. The molecule has 0 radical (unpaired) electrons. The van der Waals surface area contributed by atoms with Gasteiger partial charge in [-0.2, -0.15) is 0 Å². The number of hydrogen-bond donors (Lipinski definition) is 2. The normalized spacial score (nSPS) is 16.4. The molecule has 1 aliphatic heterocycles. The molecule has 0 spiro atoms. The molecule has 166 valence electrons. The van der Waals surface area contributed by atoms with Gasteiger partial charge in [0.1, 0.15) is 0 Å². The number of benzene rings is 2. The van der Waals surface area contributed by atoms with Gasteiger partial charge in [0.15, 0.2) is 5.96 Å². The highest BCUT2D eigenvalue weighted by atomic mass is 16.4. The second kappa shape index (κ2) is 11.0. The first-order valence-electron chi connectivity index (χ1n) is 11.1. The minimum absolute atomic E-state index is 0.279. The first-order valence-corrected chi connectivity index (χ1v) is 11.1. The van der Waals surface area contributed by atoms with E-state index in [9.17, 15) is 4.79 Å². The lowest BCUT2D eigenvalue weighted by molar-refractivity contribution is 0.0697. The van der Waals surface area contributed by atoms with E-state index < -0.39 is 5.97 Å². The maximum absolute atomic E-state index is 11.1. The van der Waals surface area contributed by atoms with Crippen LogP contribution in [0.15, 0.2) is 59.6 Å². The molecular formula is C25H34N4O2. The summed E-state index contributed by atoms with van der Waals surface area (Å²) in [7, 11) is 0. The Morgan fingerprint density at radius 3 is 2.23 bits per heavy atom. The summed E-state index contributed by atoms with van der Waals surface area (Å²) in [5, 5.41) is 12.6. The van der Waals surface area contributed by atoms with Gasteiger partial charge in [-0.1, -0.05) is 44.2 Å². The Hall–Kier alpha value is -2.86. The van der Waals surface area contributed by atoms with Gasteiger partial charge >= 0.3 is 5.97 Å². The molecule has 1 fully saturated rings. The molecule has 0 bridgehead atoms. The number of rotatable bonds is 7. The summed E-state index contributed by atoms with van der Waals surface area (Å²) >= 11 is 0. The number of nitrogens with zero attached hydrogens (tertiary/aromatic N) is 3. The highest BCUT2D eigenvalue weighted by Gasteiger charge is 2.23. The smallest absolute Gasteiger partial charge is 0.335 e. The van der Waals surface area contributed by atoms with E-state index in [0.717, 1.165) is 43.4 Å². The number of aromatic carboxylic acids is 1. The van der Waals surface area contributed by atoms with Crippen molar-refractivity contribution in [1.82, 2.24) is 9.80 Å². The SMILES string of the molecule is CC(C)C[C@@H](C)N1CCN(C(=NCc2ccccc2)Nc2ccc(C(=O)O)cc2)CC1. The van der Waals surface area contributed by atoms with Crippen LogP contribution in [0.5, 0.6) is 0 Å². The molecule has 0 amide bonds. The molecule has 0 unspecified atom stereocenters. The first-order chi connectivity index (χ1) is 14.9. The minimum atomic E-state index is -0.920. The third kappa shape index (κ3) is 6.82. The summed E-state index contributed by atoms with van der Waals surface area (Å²) in [4.78, 5) is 20.9. The number of piperazine rings is 1. The Bertz CT molecular complexity index is 857. The molecule has 1 saturated heterocycles. The molecule has 1 heterocycles. The van der Waals surface area contributed by atoms with E-state index in [1.165, 1.54) is 6.42 Å². The molecule has 1 aliphatic rings. The van der Waals surface area contributed by atoms with E-state index in [2.05, 4.69) is 48.0 Å². The summed E-state index contributed by atoms with van der Waals surface area (Å²) in [6, 6.07) is 17.6. The number of carboxylic acids is 1. The molecule has 6 nitrogen and oxygen atoms in total. The molecule has 0 aromatic heterocycles. The van der Waals surface area contributed by atoms with Crippen molar-refractivity contribution < 1.29 is 9.90 Å². The van der Waals surface area contributed by atoms with Crippen LogP contribution in [0.2, 0.25) is 0 Å². The van der Waals surface area contributed by atoms with Crippen LogP contribution in [0.4, 0.5) is 5.69 Å². The predicted molar refractivity (Wildman–Crippen MR) is 127 cm³/mol. The summed E-state index contributed by atoms with van der Waals surface area (Å²) < 4.78 is 0. The fourth-order valence-electron chi connectivity index (χ4n) is 4.00. The van der Waals surface area contributed by atoms with Gasteiger partial charge in [-0.3, -0.25) is 4.90 Å². The zero-order chi connectivity index (χ0) is 22.2. The van der Waals surface area contributed by atoms with Crippen molar-refractivity contribution in [2.24, 2.45) is 10.9 Å². The average Bonchev–Trinajstić information content (AvgIpc) is 2.77. The van der Waals surface area contributed by atoms with Gasteiger partial charge in [0.2, 0.25) is 0 Å². The van der Waals surface area contributed by atoms with E-state index in [-0.39, 0.29) is 5.56 Å². The number of carbonyl (C=O) groups is 1. The number of hydrogen-bond acceptors (Lipinski definition) is 3. The molecule has 31 heavy (non-hydrogen) atoms. The lowest BCUT2D eigenvalue weighted by Gasteiger charge is -2.40. The molecule has 0 saturated carbocycles. The second-order valence-electron chi connectivity index (χ2n) is 8.63. The summed E-state index contributed by atoms with van der Waals surface area (Å²) in [5.41, 5.74) is 2.28. The second-order valence-corrected chi connectivity index (χ2v) is 8.63. The van der Waals surface area contributed by atoms with Gasteiger partial charge in [0, 0.05) is 37.9 Å². The Morgan fingerprint density at radius 2 is 1.65 bits per heavy atom. The van der Waals surface area contributed by atoms with E-state index in [0.29, 0.717) is 18.5 Å². The lowest BCUT2D eigenvalue weighted by atomic mass is 10.0. The highest BCUT2D eigenvalue weighted by Crippen LogP contribution is 2.16. The Morgan fingerprint density at radius 1 is 1.00 bits per heavy atom. The van der Waals surface area contributed by atoms with Crippen LogP contribution in [-0.2, 0) is 6.54 Å². The molecule has 0 aliphatic carbocycles. The largest absolute Gasteiger partial charge is 0.478 e. The fraction of sp³-hybridized carbons (Fsp3) is 0.440. The zero-order valence-electron chi connectivity index (χ0n) is 18.8. The van der Waals surface area contributed by atoms with Crippen molar-refractivity contribution >= 4 is 17.6 Å². The number of carboxylic acid groups (broad SMARTS) is 1. The lowest BCUT2D eigenvalue weighted by Crippen LogP contribution is -2.53. The molecule has 1 atom stereocenters. The minimum Gasteiger partial charge on any atom is -0.478 e. The number of nitrogens with one attached hydrogen (secondary N) is 1. The highest BCUT2D eigenvalue weighted by molar-refractivity contribution is 5.94. The van der Waals surface area contributed by atoms with Crippen LogP contribution < -0.4 is 5.32 Å². The molecule has 3 rings (SSSR count). The Labute approximate surface area is 185 Å². The van der Waals surface area contributed by atoms with E-state index >= 15 is 0 Å². The van der Waals surface area contributed by atoms with Crippen LogP contribution in [0.25, 0.3) is 0 Å². The van der Waals surface area contributed by atoms with Crippen molar-refractivity contribution in [3.63, 3.8) is 0 Å². The van der Waals surface area contributed by atoms with Gasteiger partial charge in [-0.05, 0) is 49.1 Å². The van der Waals surface area contributed by atoms with Gasteiger partial charge in [-0.15, -0.1) is 0 Å². The van der Waals surface area contributed by atoms with Crippen LogP contribution in [0, 0.1) is 5.92 Å². The maximum Gasteiger partial charge on any atom is 0.335 e. The van der Waals surface area contributed by atoms with Gasteiger partial charge in [0.25, 0.3) is 0 Å². The van der Waals surface area contributed by atoms with E-state index in [1.54, 1.807) is 24.3 Å². The average molecular weight is 423 g/mol. The van der Waals surface area contributed by atoms with Crippen molar-refractivity contribution in [3.8, 4) is 0 Å². The Balaban J connectivity index is 1.71. The van der Waals surface area contributed by atoms with Crippen LogP contribution in [0.1, 0.15) is 43.1 Å². The third-order valence-electron chi connectivity index (χ3n) is 5.69. The predicted octanol–water partition coefficient (Wildman–Crippen LogP) is 4.41. The van der Waals surface area contributed by atoms with Gasteiger partial charge in [0.05, 0.1) is 12.1 Å².